The second kappa shape index (κ2) is 8.50. The molecule has 0 saturated carbocycles. The number of carbonyl (C=O) groups is 1. The fourth-order valence-corrected chi connectivity index (χ4v) is 3.06. The number of benzene rings is 2. The van der Waals surface area contributed by atoms with Crippen LogP contribution in [0.25, 0.3) is 10.6 Å². The fraction of sp³-hybridized carbons (Fsp3) is 0.158. The Morgan fingerprint density at radius 2 is 1.85 bits per heavy atom. The second-order valence-corrected chi connectivity index (χ2v) is 6.22. The van der Waals surface area contributed by atoms with Gasteiger partial charge in [0, 0.05) is 10.9 Å². The molecule has 3 aromatic rings. The van der Waals surface area contributed by atoms with Crippen LogP contribution in [0.2, 0.25) is 0 Å². The molecule has 3 rings (SSSR count). The van der Waals surface area contributed by atoms with Gasteiger partial charge in [0.1, 0.15) is 29.8 Å². The van der Waals surface area contributed by atoms with E-state index >= 15 is 0 Å². The third kappa shape index (κ3) is 4.73. The highest BCUT2D eigenvalue weighted by molar-refractivity contribution is 7.13. The first kappa shape index (κ1) is 18.7. The first-order valence-corrected chi connectivity index (χ1v) is 8.83. The largest absolute Gasteiger partial charge is 0.493 e. The molecule has 2 aromatic carbocycles. The lowest BCUT2D eigenvalue weighted by Gasteiger charge is -2.12. The summed E-state index contributed by atoms with van der Waals surface area (Å²) in [6.45, 7) is 0.554. The molecule has 27 heavy (non-hydrogen) atoms. The van der Waals surface area contributed by atoms with Crippen LogP contribution in [0.5, 0.6) is 17.2 Å². The average molecular weight is 389 g/mol. The lowest BCUT2D eigenvalue weighted by atomic mass is 10.2. The summed E-state index contributed by atoms with van der Waals surface area (Å²) < 4.78 is 29.3. The minimum atomic E-state index is -1.06. The lowest BCUT2D eigenvalue weighted by Crippen LogP contribution is -2.09. The van der Waals surface area contributed by atoms with Crippen LogP contribution in [0.1, 0.15) is 10.5 Å². The third-order valence-corrected chi connectivity index (χ3v) is 4.45. The highest BCUT2D eigenvalue weighted by atomic mass is 32.1. The minimum absolute atomic E-state index is 0.00670. The lowest BCUT2D eigenvalue weighted by molar-refractivity contribution is 0.0691. The summed E-state index contributed by atoms with van der Waals surface area (Å²) in [5.74, 6) is 0.199. The van der Waals surface area contributed by atoms with Gasteiger partial charge in [-0.15, -0.1) is 11.3 Å². The molecule has 0 aliphatic carbocycles. The monoisotopic (exact) mass is 389 g/mol. The van der Waals surface area contributed by atoms with E-state index in [1.165, 1.54) is 36.0 Å². The van der Waals surface area contributed by atoms with Gasteiger partial charge in [-0.1, -0.05) is 0 Å². The smallest absolute Gasteiger partial charge is 0.355 e. The molecule has 1 aromatic heterocycles. The van der Waals surface area contributed by atoms with Crippen LogP contribution < -0.4 is 14.2 Å². The van der Waals surface area contributed by atoms with Crippen LogP contribution in [-0.2, 0) is 0 Å². The van der Waals surface area contributed by atoms with Gasteiger partial charge in [0.25, 0.3) is 0 Å². The van der Waals surface area contributed by atoms with Gasteiger partial charge < -0.3 is 19.3 Å². The van der Waals surface area contributed by atoms with Gasteiger partial charge in [-0.2, -0.15) is 0 Å². The molecule has 0 aliphatic rings. The summed E-state index contributed by atoms with van der Waals surface area (Å²) in [6.07, 6.45) is 0. The van der Waals surface area contributed by atoms with E-state index in [0.29, 0.717) is 22.3 Å². The number of rotatable bonds is 8. The van der Waals surface area contributed by atoms with Crippen LogP contribution in [0.4, 0.5) is 4.39 Å². The molecule has 0 unspecified atom stereocenters. The topological polar surface area (TPSA) is 77.9 Å². The Kier molecular flexibility index (Phi) is 5.87. The third-order valence-electron chi connectivity index (χ3n) is 3.56. The normalized spacial score (nSPS) is 10.4. The van der Waals surface area contributed by atoms with Crippen LogP contribution in [0, 0.1) is 5.82 Å². The van der Waals surface area contributed by atoms with Crippen LogP contribution in [0.3, 0.4) is 0 Å². The number of halogens is 1. The van der Waals surface area contributed by atoms with Crippen molar-refractivity contribution in [1.29, 1.82) is 0 Å². The van der Waals surface area contributed by atoms with Crippen molar-refractivity contribution in [3.05, 3.63) is 59.4 Å². The maximum atomic E-state index is 12.8. The number of thiazole rings is 1. The quantitative estimate of drug-likeness (QED) is 0.584. The van der Waals surface area contributed by atoms with E-state index < -0.39 is 5.97 Å². The highest BCUT2D eigenvalue weighted by Gasteiger charge is 2.13. The number of carboxylic acids is 1. The number of hydrogen-bond acceptors (Lipinski definition) is 6. The van der Waals surface area contributed by atoms with Crippen LogP contribution in [-0.4, -0.2) is 36.4 Å². The molecule has 140 valence electrons. The summed E-state index contributed by atoms with van der Waals surface area (Å²) in [7, 11) is 1.52. The zero-order valence-electron chi connectivity index (χ0n) is 14.3. The van der Waals surface area contributed by atoms with Gasteiger partial charge in [0.15, 0.2) is 17.2 Å². The number of methoxy groups -OCH3 is 1. The molecular weight excluding hydrogens is 373 g/mol. The highest BCUT2D eigenvalue weighted by Crippen LogP contribution is 2.33. The van der Waals surface area contributed by atoms with Crippen molar-refractivity contribution in [3.8, 4) is 27.8 Å². The summed E-state index contributed by atoms with van der Waals surface area (Å²) in [4.78, 5) is 15.0. The SMILES string of the molecule is COc1cc(-c2nc(C(=O)O)cs2)ccc1OCCOc1ccc(F)cc1. The van der Waals surface area contributed by atoms with Crippen molar-refractivity contribution in [1.82, 2.24) is 4.98 Å². The van der Waals surface area contributed by atoms with Gasteiger partial charge in [-0.25, -0.2) is 14.2 Å². The Balaban J connectivity index is 1.61. The molecule has 0 amide bonds. The summed E-state index contributed by atoms with van der Waals surface area (Å²) in [5, 5.41) is 11.0. The maximum absolute atomic E-state index is 12.8. The molecule has 0 spiro atoms. The molecule has 0 aliphatic heterocycles. The molecule has 0 radical (unpaired) electrons. The zero-order valence-corrected chi connectivity index (χ0v) is 15.2. The van der Waals surface area contributed by atoms with E-state index in [-0.39, 0.29) is 24.7 Å². The van der Waals surface area contributed by atoms with E-state index in [9.17, 15) is 9.18 Å². The first-order chi connectivity index (χ1) is 13.1. The van der Waals surface area contributed by atoms with Crippen molar-refractivity contribution in [2.24, 2.45) is 0 Å². The van der Waals surface area contributed by atoms with E-state index in [1.54, 1.807) is 30.3 Å². The van der Waals surface area contributed by atoms with Crippen molar-refractivity contribution >= 4 is 17.3 Å². The van der Waals surface area contributed by atoms with Crippen molar-refractivity contribution in [2.45, 2.75) is 0 Å². The molecular formula is C19H16FNO5S. The minimum Gasteiger partial charge on any atom is -0.493 e. The Bertz CT molecular complexity index is 926. The molecule has 6 nitrogen and oxygen atoms in total. The van der Waals surface area contributed by atoms with E-state index in [4.69, 9.17) is 19.3 Å². The zero-order chi connectivity index (χ0) is 19.2. The van der Waals surface area contributed by atoms with Gasteiger partial charge in [0.2, 0.25) is 0 Å². The Hall–Kier alpha value is -3.13. The molecule has 0 bridgehead atoms. The number of hydrogen-bond donors (Lipinski definition) is 1. The predicted octanol–water partition coefficient (Wildman–Crippen LogP) is 4.11. The Morgan fingerprint density at radius 1 is 1.11 bits per heavy atom. The molecule has 0 atom stereocenters. The van der Waals surface area contributed by atoms with Gasteiger partial charge in [-0.05, 0) is 42.5 Å². The number of aromatic carboxylic acids is 1. The molecule has 1 N–H and O–H groups in total. The Morgan fingerprint density at radius 3 is 2.52 bits per heavy atom. The summed E-state index contributed by atoms with van der Waals surface area (Å²) in [5.41, 5.74) is 0.742. The maximum Gasteiger partial charge on any atom is 0.355 e. The van der Waals surface area contributed by atoms with E-state index in [0.717, 1.165) is 5.56 Å². The van der Waals surface area contributed by atoms with E-state index in [1.807, 2.05) is 0 Å². The first-order valence-electron chi connectivity index (χ1n) is 7.95. The Labute approximate surface area is 158 Å². The number of aromatic nitrogens is 1. The van der Waals surface area contributed by atoms with Gasteiger partial charge in [0.05, 0.1) is 7.11 Å². The van der Waals surface area contributed by atoms with Crippen molar-refractivity contribution in [3.63, 3.8) is 0 Å². The standard InChI is InChI=1S/C19H16FNO5S/c1-24-17-10-12(18-21-15(11-27-18)19(22)23)2-7-16(17)26-9-8-25-14-5-3-13(20)4-6-14/h2-7,10-11H,8-9H2,1H3,(H,22,23). The number of ether oxygens (including phenoxy) is 3. The van der Waals surface area contributed by atoms with E-state index in [2.05, 4.69) is 4.98 Å². The number of nitrogens with zero attached hydrogens (tertiary/aromatic N) is 1. The summed E-state index contributed by atoms with van der Waals surface area (Å²) >= 11 is 1.24. The van der Waals surface area contributed by atoms with Crippen LogP contribution in [0.15, 0.2) is 47.8 Å². The fourth-order valence-electron chi connectivity index (χ4n) is 2.27. The molecule has 8 heteroatoms. The molecule has 0 saturated heterocycles. The van der Waals surface area contributed by atoms with Crippen molar-refractivity contribution in [2.75, 3.05) is 20.3 Å². The molecule has 0 fully saturated rings. The molecule has 1 heterocycles. The second-order valence-electron chi connectivity index (χ2n) is 5.36. The van der Waals surface area contributed by atoms with Gasteiger partial charge >= 0.3 is 5.97 Å². The van der Waals surface area contributed by atoms with Crippen LogP contribution >= 0.6 is 11.3 Å². The van der Waals surface area contributed by atoms with Crippen molar-refractivity contribution < 1.29 is 28.5 Å². The number of carboxylic acid groups (broad SMARTS) is 1. The average Bonchev–Trinajstić information content (AvgIpc) is 3.17. The summed E-state index contributed by atoms with van der Waals surface area (Å²) in [6, 6.07) is 11.0. The predicted molar refractivity (Wildman–Crippen MR) is 98.5 cm³/mol. The van der Waals surface area contributed by atoms with Gasteiger partial charge in [-0.3, -0.25) is 0 Å².